The first-order chi connectivity index (χ1) is 12.7. The molecule has 8 heteroatoms. The van der Waals surface area contributed by atoms with Crippen molar-refractivity contribution in [2.45, 2.75) is 13.1 Å². The maximum Gasteiger partial charge on any atom is 0.317 e. The molecule has 4 rings (SSSR count). The van der Waals surface area contributed by atoms with Gasteiger partial charge in [0.25, 0.3) is 0 Å². The predicted octanol–water partition coefficient (Wildman–Crippen LogP) is 2.79. The van der Waals surface area contributed by atoms with Crippen molar-refractivity contribution in [3.8, 4) is 0 Å². The Bertz CT molecular complexity index is 886. The summed E-state index contributed by atoms with van der Waals surface area (Å²) in [4.78, 5) is 23.7. The second-order valence-corrected chi connectivity index (χ2v) is 7.33. The third-order valence-electron chi connectivity index (χ3n) is 4.66. The quantitative estimate of drug-likeness (QED) is 0.739. The van der Waals surface area contributed by atoms with Crippen LogP contribution in [-0.4, -0.2) is 52.0 Å². The Morgan fingerprint density at radius 1 is 1.31 bits per heavy atom. The molecule has 0 radical (unpaired) electrons. The molecule has 2 amide bonds. The van der Waals surface area contributed by atoms with Crippen molar-refractivity contribution < 1.29 is 9.18 Å². The lowest BCUT2D eigenvalue weighted by Gasteiger charge is -2.34. The Labute approximate surface area is 154 Å². The number of rotatable bonds is 4. The van der Waals surface area contributed by atoms with Gasteiger partial charge in [0, 0.05) is 61.4 Å². The first-order valence-electron chi connectivity index (χ1n) is 8.58. The van der Waals surface area contributed by atoms with Crippen LogP contribution in [0.2, 0.25) is 0 Å². The average molecular weight is 373 g/mol. The van der Waals surface area contributed by atoms with Gasteiger partial charge in [-0.3, -0.25) is 4.90 Å². The fourth-order valence-corrected chi connectivity index (χ4v) is 3.79. The van der Waals surface area contributed by atoms with E-state index in [1.807, 2.05) is 16.5 Å². The van der Waals surface area contributed by atoms with E-state index in [0.717, 1.165) is 41.1 Å². The van der Waals surface area contributed by atoms with Gasteiger partial charge in [0.2, 0.25) is 0 Å². The van der Waals surface area contributed by atoms with E-state index in [0.29, 0.717) is 19.6 Å². The number of aromatic amines is 1. The Morgan fingerprint density at radius 2 is 2.15 bits per heavy atom. The van der Waals surface area contributed by atoms with E-state index in [1.54, 1.807) is 18.3 Å². The zero-order chi connectivity index (χ0) is 17.9. The highest BCUT2D eigenvalue weighted by molar-refractivity contribution is 7.09. The van der Waals surface area contributed by atoms with Gasteiger partial charge in [-0.15, -0.1) is 11.3 Å². The van der Waals surface area contributed by atoms with Crippen LogP contribution >= 0.6 is 11.3 Å². The number of fused-ring (bicyclic) bond motifs is 1. The maximum atomic E-state index is 13.5. The van der Waals surface area contributed by atoms with E-state index < -0.39 is 0 Å². The van der Waals surface area contributed by atoms with Gasteiger partial charge in [-0.25, -0.2) is 14.2 Å². The van der Waals surface area contributed by atoms with E-state index in [9.17, 15) is 9.18 Å². The number of urea groups is 1. The highest BCUT2D eigenvalue weighted by Crippen LogP contribution is 2.21. The number of thiazole rings is 1. The molecule has 2 aromatic heterocycles. The average Bonchev–Trinajstić information content (AvgIpc) is 3.30. The molecule has 0 bridgehead atoms. The molecule has 0 unspecified atom stereocenters. The van der Waals surface area contributed by atoms with E-state index in [-0.39, 0.29) is 11.8 Å². The van der Waals surface area contributed by atoms with Crippen LogP contribution in [0.15, 0.2) is 36.0 Å². The summed E-state index contributed by atoms with van der Waals surface area (Å²) >= 11 is 1.53. The molecule has 0 atom stereocenters. The highest BCUT2D eigenvalue weighted by atomic mass is 32.1. The molecule has 1 aliphatic heterocycles. The van der Waals surface area contributed by atoms with Crippen molar-refractivity contribution in [2.75, 3.05) is 26.2 Å². The fourth-order valence-electron chi connectivity index (χ4n) is 3.23. The second-order valence-electron chi connectivity index (χ2n) is 6.35. The van der Waals surface area contributed by atoms with Crippen molar-refractivity contribution in [2.24, 2.45) is 0 Å². The smallest absolute Gasteiger partial charge is 0.317 e. The number of aromatic nitrogens is 2. The summed E-state index contributed by atoms with van der Waals surface area (Å²) in [6.07, 6.45) is 3.68. The number of carbonyl (C=O) groups excluding carboxylic acids is 1. The number of hydrogen-bond donors (Lipinski definition) is 2. The van der Waals surface area contributed by atoms with Crippen molar-refractivity contribution in [1.29, 1.82) is 0 Å². The van der Waals surface area contributed by atoms with Gasteiger partial charge < -0.3 is 15.2 Å². The summed E-state index contributed by atoms with van der Waals surface area (Å²) < 4.78 is 13.5. The van der Waals surface area contributed by atoms with Gasteiger partial charge in [0.05, 0.1) is 6.54 Å². The van der Waals surface area contributed by atoms with Crippen LogP contribution in [0, 0.1) is 5.82 Å². The molecule has 0 saturated carbocycles. The van der Waals surface area contributed by atoms with Crippen molar-refractivity contribution in [1.82, 2.24) is 25.1 Å². The number of H-pyrrole nitrogens is 1. The molecular formula is C18H20FN5OS. The molecule has 1 aromatic carbocycles. The van der Waals surface area contributed by atoms with Gasteiger partial charge >= 0.3 is 6.03 Å². The van der Waals surface area contributed by atoms with Crippen LogP contribution in [-0.2, 0) is 13.1 Å². The molecule has 3 heterocycles. The van der Waals surface area contributed by atoms with Crippen LogP contribution in [0.5, 0.6) is 0 Å². The third kappa shape index (κ3) is 3.71. The summed E-state index contributed by atoms with van der Waals surface area (Å²) in [5, 5.41) is 6.65. The van der Waals surface area contributed by atoms with E-state index in [4.69, 9.17) is 0 Å². The molecule has 0 aliphatic carbocycles. The van der Waals surface area contributed by atoms with Crippen LogP contribution < -0.4 is 5.32 Å². The summed E-state index contributed by atoms with van der Waals surface area (Å²) in [5.41, 5.74) is 2.03. The number of amides is 2. The van der Waals surface area contributed by atoms with Gasteiger partial charge in [-0.05, 0) is 23.8 Å². The highest BCUT2D eigenvalue weighted by Gasteiger charge is 2.21. The van der Waals surface area contributed by atoms with E-state index >= 15 is 0 Å². The maximum absolute atomic E-state index is 13.5. The lowest BCUT2D eigenvalue weighted by molar-refractivity contribution is 0.135. The number of halogens is 1. The van der Waals surface area contributed by atoms with Gasteiger partial charge in [0.15, 0.2) is 0 Å². The molecule has 0 spiro atoms. The minimum absolute atomic E-state index is 0.0472. The number of piperazine rings is 1. The third-order valence-corrected chi connectivity index (χ3v) is 5.44. The number of nitrogens with zero attached hydrogens (tertiary/aromatic N) is 3. The molecule has 136 valence electrons. The SMILES string of the molecule is O=C(NCc1nccs1)N1CCN(Cc2c[nH]c3ccc(F)cc23)CC1. The molecule has 6 nitrogen and oxygen atoms in total. The minimum atomic E-state index is -0.222. The molecular weight excluding hydrogens is 353 g/mol. The lowest BCUT2D eigenvalue weighted by Crippen LogP contribution is -2.51. The summed E-state index contributed by atoms with van der Waals surface area (Å²) in [5.74, 6) is -0.222. The molecule has 3 aromatic rings. The number of benzene rings is 1. The minimum Gasteiger partial charge on any atom is -0.361 e. The molecule has 2 N–H and O–H groups in total. The van der Waals surface area contributed by atoms with Crippen molar-refractivity contribution in [3.05, 3.63) is 52.4 Å². The van der Waals surface area contributed by atoms with Crippen LogP contribution in [0.3, 0.4) is 0 Å². The molecule has 26 heavy (non-hydrogen) atoms. The Hall–Kier alpha value is -2.45. The molecule has 1 fully saturated rings. The topological polar surface area (TPSA) is 64.3 Å². The summed E-state index contributed by atoms with van der Waals surface area (Å²) in [7, 11) is 0. The normalized spacial score (nSPS) is 15.5. The largest absolute Gasteiger partial charge is 0.361 e. The Balaban J connectivity index is 1.30. The summed E-state index contributed by atoms with van der Waals surface area (Å²) in [6.45, 7) is 4.18. The van der Waals surface area contributed by atoms with E-state index in [1.165, 1.54) is 17.4 Å². The van der Waals surface area contributed by atoms with Crippen LogP contribution in [0.4, 0.5) is 9.18 Å². The Kier molecular flexibility index (Phi) is 4.85. The van der Waals surface area contributed by atoms with Crippen LogP contribution in [0.1, 0.15) is 10.6 Å². The van der Waals surface area contributed by atoms with Gasteiger partial charge in [-0.1, -0.05) is 0 Å². The number of carbonyl (C=O) groups is 1. The monoisotopic (exact) mass is 373 g/mol. The van der Waals surface area contributed by atoms with Gasteiger partial charge in [-0.2, -0.15) is 0 Å². The lowest BCUT2D eigenvalue weighted by atomic mass is 10.1. The van der Waals surface area contributed by atoms with Crippen molar-refractivity contribution >= 4 is 28.3 Å². The first-order valence-corrected chi connectivity index (χ1v) is 9.46. The first kappa shape index (κ1) is 17.0. The molecule has 1 aliphatic rings. The Morgan fingerprint density at radius 3 is 2.92 bits per heavy atom. The fraction of sp³-hybridized carbons (Fsp3) is 0.333. The van der Waals surface area contributed by atoms with Crippen molar-refractivity contribution in [3.63, 3.8) is 0 Å². The van der Waals surface area contributed by atoms with Gasteiger partial charge in [0.1, 0.15) is 10.8 Å². The number of hydrogen-bond acceptors (Lipinski definition) is 4. The summed E-state index contributed by atoms with van der Waals surface area (Å²) in [6, 6.07) is 4.75. The zero-order valence-electron chi connectivity index (χ0n) is 14.2. The zero-order valence-corrected chi connectivity index (χ0v) is 15.1. The molecule has 1 saturated heterocycles. The standard InChI is InChI=1S/C18H20FN5OS/c19-14-1-2-16-15(9-14)13(10-21-16)12-23-4-6-24(7-5-23)18(25)22-11-17-20-3-8-26-17/h1-3,8-10,21H,4-7,11-12H2,(H,22,25). The van der Waals surface area contributed by atoms with Crippen LogP contribution in [0.25, 0.3) is 10.9 Å². The number of nitrogens with one attached hydrogen (secondary N) is 2. The van der Waals surface area contributed by atoms with E-state index in [2.05, 4.69) is 20.2 Å². The predicted molar refractivity (Wildman–Crippen MR) is 99.5 cm³/mol. The second kappa shape index (κ2) is 7.43.